The number of carboxylic acids is 1. The molecule has 1 amide bonds. The number of nitrogens with zero attached hydrogens (tertiary/aromatic N) is 1. The third kappa shape index (κ3) is 2.66. The molecule has 0 bridgehead atoms. The standard InChI is InChI=1S/C13H24N2O3/c1-4-5-13(11(17)18)6-7-15(9-13)10(16)12(2,3)8-14/h4-9,14H2,1-3H3,(H,17,18). The maximum Gasteiger partial charge on any atom is 0.311 e. The second-order valence-electron chi connectivity index (χ2n) is 5.90. The average Bonchev–Trinajstić information content (AvgIpc) is 2.74. The number of likely N-dealkylation sites (tertiary alicyclic amines) is 1. The van der Waals surface area contributed by atoms with Crippen molar-refractivity contribution in [2.75, 3.05) is 19.6 Å². The highest BCUT2D eigenvalue weighted by atomic mass is 16.4. The van der Waals surface area contributed by atoms with E-state index in [2.05, 4.69) is 0 Å². The molecule has 0 aliphatic carbocycles. The molecule has 1 unspecified atom stereocenters. The Morgan fingerprint density at radius 3 is 2.50 bits per heavy atom. The molecule has 18 heavy (non-hydrogen) atoms. The van der Waals surface area contributed by atoms with E-state index in [1.54, 1.807) is 18.7 Å². The molecule has 1 rings (SSSR count). The number of aliphatic carboxylic acids is 1. The van der Waals surface area contributed by atoms with Gasteiger partial charge < -0.3 is 15.7 Å². The van der Waals surface area contributed by atoms with Gasteiger partial charge in [0.1, 0.15) is 0 Å². The molecule has 0 spiro atoms. The first-order chi connectivity index (χ1) is 8.29. The lowest BCUT2D eigenvalue weighted by Crippen LogP contribution is -2.45. The molecular formula is C13H24N2O3. The number of hydrogen-bond acceptors (Lipinski definition) is 3. The highest BCUT2D eigenvalue weighted by Crippen LogP contribution is 2.37. The van der Waals surface area contributed by atoms with Crippen molar-refractivity contribution in [2.24, 2.45) is 16.6 Å². The minimum absolute atomic E-state index is 0.0378. The second kappa shape index (κ2) is 5.26. The zero-order chi connectivity index (χ0) is 14.0. The summed E-state index contributed by atoms with van der Waals surface area (Å²) in [5.74, 6) is -0.825. The van der Waals surface area contributed by atoms with Gasteiger partial charge in [0.05, 0.1) is 10.8 Å². The first-order valence-corrected chi connectivity index (χ1v) is 6.52. The van der Waals surface area contributed by atoms with E-state index in [0.717, 1.165) is 6.42 Å². The van der Waals surface area contributed by atoms with Gasteiger partial charge in [-0.3, -0.25) is 9.59 Å². The van der Waals surface area contributed by atoms with E-state index in [4.69, 9.17) is 5.73 Å². The van der Waals surface area contributed by atoms with Crippen LogP contribution in [-0.4, -0.2) is 41.5 Å². The predicted octanol–water partition coefficient (Wildman–Crippen LogP) is 1.07. The fraction of sp³-hybridized carbons (Fsp3) is 0.846. The first-order valence-electron chi connectivity index (χ1n) is 6.52. The molecule has 3 N–H and O–H groups in total. The first kappa shape index (κ1) is 15.0. The number of carbonyl (C=O) groups is 2. The van der Waals surface area contributed by atoms with E-state index in [1.165, 1.54) is 0 Å². The number of amides is 1. The van der Waals surface area contributed by atoms with Crippen molar-refractivity contribution >= 4 is 11.9 Å². The number of nitrogens with two attached hydrogens (primary N) is 1. The molecule has 0 aromatic heterocycles. The lowest BCUT2D eigenvalue weighted by Gasteiger charge is -2.29. The smallest absolute Gasteiger partial charge is 0.311 e. The van der Waals surface area contributed by atoms with Crippen molar-refractivity contribution in [3.63, 3.8) is 0 Å². The third-order valence-corrected chi connectivity index (χ3v) is 3.91. The molecule has 5 nitrogen and oxygen atoms in total. The molecular weight excluding hydrogens is 232 g/mol. The van der Waals surface area contributed by atoms with Crippen LogP contribution in [0.4, 0.5) is 0 Å². The van der Waals surface area contributed by atoms with Gasteiger partial charge in [0.2, 0.25) is 5.91 Å². The van der Waals surface area contributed by atoms with Crippen LogP contribution in [0, 0.1) is 10.8 Å². The minimum atomic E-state index is -0.787. The predicted molar refractivity (Wildman–Crippen MR) is 69.0 cm³/mol. The summed E-state index contributed by atoms with van der Waals surface area (Å²) in [6.45, 7) is 6.69. The van der Waals surface area contributed by atoms with Crippen LogP contribution in [0.1, 0.15) is 40.0 Å². The SMILES string of the molecule is CCCC1(C(=O)O)CCN(C(=O)C(C)(C)CN)C1. The molecule has 1 heterocycles. The van der Waals surface area contributed by atoms with Crippen LogP contribution < -0.4 is 5.73 Å². The summed E-state index contributed by atoms with van der Waals surface area (Å²) in [6.07, 6.45) is 1.98. The van der Waals surface area contributed by atoms with Gasteiger partial charge in [0.25, 0.3) is 0 Å². The van der Waals surface area contributed by atoms with Gasteiger partial charge in [-0.25, -0.2) is 0 Å². The summed E-state index contributed by atoms with van der Waals surface area (Å²) < 4.78 is 0. The highest BCUT2D eigenvalue weighted by molar-refractivity contribution is 5.84. The van der Waals surface area contributed by atoms with Gasteiger partial charge in [-0.15, -0.1) is 0 Å². The zero-order valence-corrected chi connectivity index (χ0v) is 11.5. The Kier molecular flexibility index (Phi) is 4.37. The quantitative estimate of drug-likeness (QED) is 0.771. The molecule has 1 fully saturated rings. The fourth-order valence-corrected chi connectivity index (χ4v) is 2.53. The molecule has 0 aromatic rings. The van der Waals surface area contributed by atoms with Crippen LogP contribution in [0.15, 0.2) is 0 Å². The van der Waals surface area contributed by atoms with Gasteiger partial charge in [0.15, 0.2) is 0 Å². The van der Waals surface area contributed by atoms with Gasteiger partial charge >= 0.3 is 5.97 Å². The summed E-state index contributed by atoms with van der Waals surface area (Å²) in [7, 11) is 0. The summed E-state index contributed by atoms with van der Waals surface area (Å²) in [6, 6.07) is 0. The van der Waals surface area contributed by atoms with Crippen LogP contribution in [0.5, 0.6) is 0 Å². The third-order valence-electron chi connectivity index (χ3n) is 3.91. The van der Waals surface area contributed by atoms with E-state index in [-0.39, 0.29) is 12.5 Å². The Bertz CT molecular complexity index is 341. The molecule has 1 aliphatic rings. The monoisotopic (exact) mass is 256 g/mol. The summed E-state index contributed by atoms with van der Waals surface area (Å²) >= 11 is 0. The van der Waals surface area contributed by atoms with Crippen LogP contribution >= 0.6 is 0 Å². The fourth-order valence-electron chi connectivity index (χ4n) is 2.53. The van der Waals surface area contributed by atoms with Crippen molar-refractivity contribution in [3.05, 3.63) is 0 Å². The Morgan fingerprint density at radius 1 is 1.44 bits per heavy atom. The molecule has 0 saturated carbocycles. The lowest BCUT2D eigenvalue weighted by molar-refractivity contribution is -0.149. The maximum atomic E-state index is 12.3. The van der Waals surface area contributed by atoms with Crippen LogP contribution in [0.2, 0.25) is 0 Å². The van der Waals surface area contributed by atoms with Gasteiger partial charge in [-0.1, -0.05) is 13.3 Å². The number of carboxylic acid groups (broad SMARTS) is 1. The van der Waals surface area contributed by atoms with Crippen LogP contribution in [0.25, 0.3) is 0 Å². The molecule has 0 aromatic carbocycles. The normalized spacial score (nSPS) is 24.3. The highest BCUT2D eigenvalue weighted by Gasteiger charge is 2.47. The van der Waals surface area contributed by atoms with Gasteiger partial charge in [-0.05, 0) is 26.7 Å². The number of rotatable bonds is 5. The molecule has 5 heteroatoms. The lowest BCUT2D eigenvalue weighted by atomic mass is 9.82. The Hall–Kier alpha value is -1.10. The molecule has 1 saturated heterocycles. The Morgan fingerprint density at radius 2 is 2.06 bits per heavy atom. The van der Waals surface area contributed by atoms with Crippen molar-refractivity contribution in [2.45, 2.75) is 40.0 Å². The second-order valence-corrected chi connectivity index (χ2v) is 5.90. The van der Waals surface area contributed by atoms with E-state index < -0.39 is 16.8 Å². The largest absolute Gasteiger partial charge is 0.481 e. The van der Waals surface area contributed by atoms with Gasteiger partial charge in [0, 0.05) is 19.6 Å². The van der Waals surface area contributed by atoms with Crippen LogP contribution in [-0.2, 0) is 9.59 Å². The van der Waals surface area contributed by atoms with Crippen molar-refractivity contribution < 1.29 is 14.7 Å². The van der Waals surface area contributed by atoms with Crippen molar-refractivity contribution in [3.8, 4) is 0 Å². The Balaban J connectivity index is 2.81. The van der Waals surface area contributed by atoms with E-state index in [1.807, 2.05) is 6.92 Å². The maximum absolute atomic E-state index is 12.3. The topological polar surface area (TPSA) is 83.6 Å². The average molecular weight is 256 g/mol. The summed E-state index contributed by atoms with van der Waals surface area (Å²) in [5.41, 5.74) is 4.23. The van der Waals surface area contributed by atoms with E-state index in [0.29, 0.717) is 25.9 Å². The summed E-state index contributed by atoms with van der Waals surface area (Å²) in [5, 5.41) is 9.39. The molecule has 1 aliphatic heterocycles. The zero-order valence-electron chi connectivity index (χ0n) is 11.5. The molecule has 0 radical (unpaired) electrons. The van der Waals surface area contributed by atoms with Crippen molar-refractivity contribution in [1.82, 2.24) is 4.90 Å². The molecule has 1 atom stereocenters. The number of carbonyl (C=O) groups excluding carboxylic acids is 1. The Labute approximate surface area is 108 Å². The summed E-state index contributed by atoms with van der Waals surface area (Å²) in [4.78, 5) is 25.4. The van der Waals surface area contributed by atoms with Gasteiger partial charge in [-0.2, -0.15) is 0 Å². The number of hydrogen-bond donors (Lipinski definition) is 2. The van der Waals surface area contributed by atoms with Crippen LogP contribution in [0.3, 0.4) is 0 Å². The van der Waals surface area contributed by atoms with E-state index >= 15 is 0 Å². The minimum Gasteiger partial charge on any atom is -0.481 e. The van der Waals surface area contributed by atoms with Crippen molar-refractivity contribution in [1.29, 1.82) is 0 Å². The van der Waals surface area contributed by atoms with E-state index in [9.17, 15) is 14.7 Å². The molecule has 104 valence electrons.